The summed E-state index contributed by atoms with van der Waals surface area (Å²) in [6.45, 7) is 1.83. The monoisotopic (exact) mass is 325 g/mol. The van der Waals surface area contributed by atoms with E-state index in [0.717, 1.165) is 5.56 Å². The fourth-order valence-electron chi connectivity index (χ4n) is 2.06. The molecule has 0 unspecified atom stereocenters. The largest absolute Gasteiger partial charge is 0.349 e. The number of carbonyl (C=O) groups is 1. The highest BCUT2D eigenvalue weighted by Crippen LogP contribution is 2.26. The molecule has 1 atom stereocenters. The van der Waals surface area contributed by atoms with Crippen molar-refractivity contribution in [3.8, 4) is 0 Å². The summed E-state index contributed by atoms with van der Waals surface area (Å²) in [5.74, 6) is -0.548. The van der Waals surface area contributed by atoms with E-state index in [1.165, 1.54) is 12.1 Å². The summed E-state index contributed by atoms with van der Waals surface area (Å²) in [5, 5.41) is 3.88. The molecule has 2 rings (SSSR count). The zero-order chi connectivity index (χ0) is 15.4. The first-order chi connectivity index (χ1) is 9.95. The van der Waals surface area contributed by atoms with Gasteiger partial charge in [-0.25, -0.2) is 4.39 Å². The van der Waals surface area contributed by atoms with Crippen LogP contribution in [0.15, 0.2) is 42.5 Å². The fraction of sp³-hybridized carbons (Fsp3) is 0.188. The summed E-state index contributed by atoms with van der Waals surface area (Å²) in [7, 11) is 0. The van der Waals surface area contributed by atoms with Gasteiger partial charge in [-0.2, -0.15) is 0 Å². The van der Waals surface area contributed by atoms with Crippen LogP contribution in [0.25, 0.3) is 0 Å². The van der Waals surface area contributed by atoms with Gasteiger partial charge in [-0.15, -0.1) is 0 Å². The van der Waals surface area contributed by atoms with Gasteiger partial charge < -0.3 is 5.32 Å². The summed E-state index contributed by atoms with van der Waals surface area (Å²) < 4.78 is 13.1. The number of nitrogens with one attached hydrogen (secondary N) is 1. The molecular weight excluding hydrogens is 312 g/mol. The smallest absolute Gasteiger partial charge is 0.224 e. The van der Waals surface area contributed by atoms with Crippen molar-refractivity contribution in [2.24, 2.45) is 0 Å². The highest BCUT2D eigenvalue weighted by molar-refractivity contribution is 6.35. The Kier molecular flexibility index (Phi) is 5.21. The van der Waals surface area contributed by atoms with Gasteiger partial charge in [0, 0.05) is 10.0 Å². The van der Waals surface area contributed by atoms with E-state index < -0.39 is 0 Å². The number of hydrogen-bond acceptors (Lipinski definition) is 1. The molecule has 0 bridgehead atoms. The van der Waals surface area contributed by atoms with Crippen LogP contribution >= 0.6 is 23.2 Å². The lowest BCUT2D eigenvalue weighted by Gasteiger charge is -2.16. The summed E-state index contributed by atoms with van der Waals surface area (Å²) in [5.41, 5.74) is 1.41. The van der Waals surface area contributed by atoms with Crippen molar-refractivity contribution >= 4 is 29.1 Å². The van der Waals surface area contributed by atoms with Crippen LogP contribution < -0.4 is 5.32 Å². The van der Waals surface area contributed by atoms with Crippen molar-refractivity contribution in [1.29, 1.82) is 0 Å². The summed E-state index contributed by atoms with van der Waals surface area (Å²) in [6.07, 6.45) is 0.118. The SMILES string of the molecule is C[C@H](NC(=O)Cc1cccc(F)c1)c1ccc(Cl)cc1Cl. The molecule has 0 radical (unpaired) electrons. The van der Waals surface area contributed by atoms with Crippen LogP contribution in [-0.2, 0) is 11.2 Å². The normalized spacial score (nSPS) is 12.0. The van der Waals surface area contributed by atoms with Crippen LogP contribution in [0.3, 0.4) is 0 Å². The van der Waals surface area contributed by atoms with E-state index in [0.29, 0.717) is 15.6 Å². The van der Waals surface area contributed by atoms with Crippen molar-refractivity contribution in [3.05, 3.63) is 69.5 Å². The molecule has 2 aromatic rings. The third-order valence-corrected chi connectivity index (χ3v) is 3.62. The Morgan fingerprint density at radius 1 is 1.24 bits per heavy atom. The molecule has 0 aliphatic rings. The van der Waals surface area contributed by atoms with E-state index in [4.69, 9.17) is 23.2 Å². The van der Waals surface area contributed by atoms with Crippen molar-refractivity contribution < 1.29 is 9.18 Å². The third-order valence-electron chi connectivity index (χ3n) is 3.06. The zero-order valence-electron chi connectivity index (χ0n) is 11.4. The number of amides is 1. The first kappa shape index (κ1) is 15.8. The van der Waals surface area contributed by atoms with Crippen LogP contribution in [0.5, 0.6) is 0 Å². The topological polar surface area (TPSA) is 29.1 Å². The zero-order valence-corrected chi connectivity index (χ0v) is 12.9. The minimum Gasteiger partial charge on any atom is -0.349 e. The van der Waals surface area contributed by atoms with Crippen LogP contribution in [0.4, 0.5) is 4.39 Å². The molecule has 0 spiro atoms. The third kappa shape index (κ3) is 4.45. The number of benzene rings is 2. The highest BCUT2D eigenvalue weighted by Gasteiger charge is 2.13. The van der Waals surface area contributed by atoms with Crippen LogP contribution in [0.2, 0.25) is 10.0 Å². The van der Waals surface area contributed by atoms with Gasteiger partial charge in [0.1, 0.15) is 5.82 Å². The molecule has 21 heavy (non-hydrogen) atoms. The average molecular weight is 326 g/mol. The van der Waals surface area contributed by atoms with E-state index in [9.17, 15) is 9.18 Å². The van der Waals surface area contributed by atoms with E-state index >= 15 is 0 Å². The summed E-state index contributed by atoms with van der Waals surface area (Å²) in [4.78, 5) is 12.0. The molecule has 0 saturated carbocycles. The molecule has 1 N–H and O–H groups in total. The van der Waals surface area contributed by atoms with E-state index in [1.807, 2.05) is 6.92 Å². The Balaban J connectivity index is 2.02. The van der Waals surface area contributed by atoms with Gasteiger partial charge in [-0.1, -0.05) is 41.4 Å². The first-order valence-corrected chi connectivity index (χ1v) is 7.20. The molecule has 2 nitrogen and oxygen atoms in total. The molecule has 0 heterocycles. The lowest BCUT2D eigenvalue weighted by molar-refractivity contribution is -0.121. The lowest BCUT2D eigenvalue weighted by atomic mass is 10.1. The standard InChI is InChI=1S/C16H14Cl2FNO/c1-10(14-6-5-12(17)9-15(14)18)20-16(21)8-11-3-2-4-13(19)7-11/h2-7,9-10H,8H2,1H3,(H,20,21)/t10-/m0/s1. The quantitative estimate of drug-likeness (QED) is 0.877. The van der Waals surface area contributed by atoms with Gasteiger partial charge in [-0.05, 0) is 42.3 Å². The van der Waals surface area contributed by atoms with Gasteiger partial charge in [0.05, 0.1) is 12.5 Å². The predicted octanol–water partition coefficient (Wildman–Crippen LogP) is 4.55. The molecule has 0 aliphatic carbocycles. The minimum absolute atomic E-state index is 0.118. The molecule has 0 saturated heterocycles. The Morgan fingerprint density at radius 3 is 2.67 bits per heavy atom. The Hall–Kier alpha value is -1.58. The predicted molar refractivity (Wildman–Crippen MR) is 83.1 cm³/mol. The van der Waals surface area contributed by atoms with Crippen molar-refractivity contribution in [1.82, 2.24) is 5.32 Å². The van der Waals surface area contributed by atoms with Crippen LogP contribution in [0.1, 0.15) is 24.1 Å². The second kappa shape index (κ2) is 6.92. The number of halogens is 3. The number of carbonyl (C=O) groups excluding carboxylic acids is 1. The maximum atomic E-state index is 13.1. The highest BCUT2D eigenvalue weighted by atomic mass is 35.5. The van der Waals surface area contributed by atoms with Crippen molar-refractivity contribution in [2.75, 3.05) is 0 Å². The van der Waals surface area contributed by atoms with E-state index in [1.54, 1.807) is 30.3 Å². The van der Waals surface area contributed by atoms with Crippen molar-refractivity contribution in [3.63, 3.8) is 0 Å². The van der Waals surface area contributed by atoms with Gasteiger partial charge in [0.25, 0.3) is 0 Å². The Morgan fingerprint density at radius 2 is 2.00 bits per heavy atom. The molecule has 110 valence electrons. The van der Waals surface area contributed by atoms with Gasteiger partial charge >= 0.3 is 0 Å². The minimum atomic E-state index is -0.353. The molecule has 1 amide bonds. The molecule has 0 aromatic heterocycles. The first-order valence-electron chi connectivity index (χ1n) is 6.44. The average Bonchev–Trinajstić information content (AvgIpc) is 2.38. The maximum Gasteiger partial charge on any atom is 0.224 e. The Labute approximate surface area is 132 Å². The Bertz CT molecular complexity index is 660. The molecule has 5 heteroatoms. The second-order valence-corrected chi connectivity index (χ2v) is 5.61. The van der Waals surface area contributed by atoms with Crippen molar-refractivity contribution in [2.45, 2.75) is 19.4 Å². The van der Waals surface area contributed by atoms with E-state index in [2.05, 4.69) is 5.32 Å². The van der Waals surface area contributed by atoms with Crippen LogP contribution in [-0.4, -0.2) is 5.91 Å². The van der Waals surface area contributed by atoms with Gasteiger partial charge in [0.15, 0.2) is 0 Å². The molecule has 0 fully saturated rings. The summed E-state index contributed by atoms with van der Waals surface area (Å²) in [6, 6.07) is 10.9. The maximum absolute atomic E-state index is 13.1. The van der Waals surface area contributed by atoms with Gasteiger partial charge in [0.2, 0.25) is 5.91 Å². The van der Waals surface area contributed by atoms with Crippen LogP contribution in [0, 0.1) is 5.82 Å². The fourth-order valence-corrected chi connectivity index (χ4v) is 2.63. The summed E-state index contributed by atoms with van der Waals surface area (Å²) >= 11 is 11.9. The molecular formula is C16H14Cl2FNO. The molecule has 2 aromatic carbocycles. The number of rotatable bonds is 4. The number of hydrogen-bond donors (Lipinski definition) is 1. The van der Waals surface area contributed by atoms with Gasteiger partial charge in [-0.3, -0.25) is 4.79 Å². The second-order valence-electron chi connectivity index (χ2n) is 4.76. The lowest BCUT2D eigenvalue weighted by Crippen LogP contribution is -2.28. The molecule has 0 aliphatic heterocycles. The van der Waals surface area contributed by atoms with E-state index in [-0.39, 0.29) is 24.2 Å².